The molecule has 1 fully saturated rings. The number of aromatic amines is 1. The van der Waals surface area contributed by atoms with Crippen molar-refractivity contribution in [2.75, 3.05) is 26.2 Å². The molecule has 1 aliphatic heterocycles. The lowest BCUT2D eigenvalue weighted by molar-refractivity contribution is -0.121. The molecule has 1 amide bonds. The Morgan fingerprint density at radius 3 is 2.62 bits per heavy atom. The molecule has 0 aromatic carbocycles. The molecule has 1 aliphatic rings. The standard InChI is InChI=1S/C17H28N4O3/c1-13-9-14(2)11-20(10-13)7-4-3-6-18-16(23)12-21-8-5-15(22)19-17(21)24/h5,8,13-14H,3-4,6-7,9-12H2,1-2H3,(H,18,23)(H,19,22,24). The summed E-state index contributed by atoms with van der Waals surface area (Å²) in [7, 11) is 0. The number of carbonyl (C=O) groups is 1. The third-order valence-corrected chi connectivity index (χ3v) is 4.38. The van der Waals surface area contributed by atoms with Crippen molar-refractivity contribution >= 4 is 5.91 Å². The normalized spacial score (nSPS) is 21.6. The first-order valence-electron chi connectivity index (χ1n) is 8.73. The van der Waals surface area contributed by atoms with Crippen molar-refractivity contribution in [1.82, 2.24) is 19.8 Å². The molecule has 7 nitrogen and oxygen atoms in total. The van der Waals surface area contributed by atoms with E-state index in [-0.39, 0.29) is 12.5 Å². The van der Waals surface area contributed by atoms with Gasteiger partial charge in [-0.15, -0.1) is 0 Å². The summed E-state index contributed by atoms with van der Waals surface area (Å²) in [5, 5.41) is 2.82. The van der Waals surface area contributed by atoms with E-state index in [4.69, 9.17) is 0 Å². The maximum Gasteiger partial charge on any atom is 0.328 e. The zero-order chi connectivity index (χ0) is 17.5. The van der Waals surface area contributed by atoms with Gasteiger partial charge in [0.2, 0.25) is 5.91 Å². The van der Waals surface area contributed by atoms with Crippen LogP contribution in [0.5, 0.6) is 0 Å². The molecule has 0 spiro atoms. The minimum absolute atomic E-state index is 0.0727. The van der Waals surface area contributed by atoms with Crippen LogP contribution in [0.1, 0.15) is 33.1 Å². The van der Waals surface area contributed by atoms with E-state index in [0.29, 0.717) is 6.54 Å². The molecule has 0 aliphatic carbocycles. The zero-order valence-corrected chi connectivity index (χ0v) is 14.6. The molecule has 134 valence electrons. The summed E-state index contributed by atoms with van der Waals surface area (Å²) in [4.78, 5) is 38.9. The zero-order valence-electron chi connectivity index (χ0n) is 14.6. The maximum atomic E-state index is 11.8. The highest BCUT2D eigenvalue weighted by atomic mass is 16.2. The first-order valence-corrected chi connectivity index (χ1v) is 8.73. The Hall–Kier alpha value is -1.89. The second-order valence-corrected chi connectivity index (χ2v) is 7.00. The van der Waals surface area contributed by atoms with Gasteiger partial charge in [-0.1, -0.05) is 13.8 Å². The molecule has 2 heterocycles. The van der Waals surface area contributed by atoms with Gasteiger partial charge in [-0.3, -0.25) is 19.1 Å². The highest BCUT2D eigenvalue weighted by molar-refractivity contribution is 5.75. The number of aromatic nitrogens is 2. The summed E-state index contributed by atoms with van der Waals surface area (Å²) in [5.74, 6) is 1.32. The average Bonchev–Trinajstić information content (AvgIpc) is 2.49. The van der Waals surface area contributed by atoms with Gasteiger partial charge in [0, 0.05) is 31.9 Å². The summed E-state index contributed by atoms with van der Waals surface area (Å²) < 4.78 is 1.19. The van der Waals surface area contributed by atoms with Crippen molar-refractivity contribution in [3.8, 4) is 0 Å². The monoisotopic (exact) mass is 336 g/mol. The Labute approximate surface area is 142 Å². The Bertz CT molecular complexity index is 642. The Morgan fingerprint density at radius 2 is 1.96 bits per heavy atom. The van der Waals surface area contributed by atoms with Gasteiger partial charge in [0.05, 0.1) is 0 Å². The van der Waals surface area contributed by atoms with Crippen LogP contribution in [0.15, 0.2) is 21.9 Å². The number of piperidine rings is 1. The molecule has 2 N–H and O–H groups in total. The molecule has 1 aromatic heterocycles. The minimum atomic E-state index is -0.564. The molecule has 0 bridgehead atoms. The molecular formula is C17H28N4O3. The first-order chi connectivity index (χ1) is 11.4. The Balaban J connectivity index is 1.62. The summed E-state index contributed by atoms with van der Waals surface area (Å²) in [6.45, 7) is 8.57. The predicted octanol–water partition coefficient (Wildman–Crippen LogP) is 0.411. The van der Waals surface area contributed by atoms with E-state index >= 15 is 0 Å². The van der Waals surface area contributed by atoms with Crippen LogP contribution in [0.3, 0.4) is 0 Å². The van der Waals surface area contributed by atoms with E-state index in [1.165, 1.54) is 36.3 Å². The number of hydrogen-bond donors (Lipinski definition) is 2. The van der Waals surface area contributed by atoms with Gasteiger partial charge in [-0.2, -0.15) is 0 Å². The van der Waals surface area contributed by atoms with Crippen LogP contribution in [0.2, 0.25) is 0 Å². The fourth-order valence-corrected chi connectivity index (χ4v) is 3.44. The fourth-order valence-electron chi connectivity index (χ4n) is 3.44. The molecule has 2 rings (SSSR count). The molecule has 0 radical (unpaired) electrons. The average molecular weight is 336 g/mol. The quantitative estimate of drug-likeness (QED) is 0.706. The number of nitrogens with one attached hydrogen (secondary N) is 2. The molecule has 1 saturated heterocycles. The summed E-state index contributed by atoms with van der Waals surface area (Å²) >= 11 is 0. The summed E-state index contributed by atoms with van der Waals surface area (Å²) in [6.07, 6.45) is 4.62. The van der Waals surface area contributed by atoms with Gasteiger partial charge in [-0.05, 0) is 37.6 Å². The fraction of sp³-hybridized carbons (Fsp3) is 0.706. The predicted molar refractivity (Wildman–Crippen MR) is 93.0 cm³/mol. The van der Waals surface area contributed by atoms with Gasteiger partial charge in [-0.25, -0.2) is 4.79 Å². The number of nitrogens with zero attached hydrogens (tertiary/aromatic N) is 2. The van der Waals surface area contributed by atoms with Gasteiger partial charge >= 0.3 is 5.69 Å². The van der Waals surface area contributed by atoms with Gasteiger partial charge < -0.3 is 10.2 Å². The van der Waals surface area contributed by atoms with E-state index in [1.54, 1.807) is 0 Å². The molecule has 0 saturated carbocycles. The lowest BCUT2D eigenvalue weighted by atomic mass is 9.92. The number of hydrogen-bond acceptors (Lipinski definition) is 4. The topological polar surface area (TPSA) is 87.2 Å². The second-order valence-electron chi connectivity index (χ2n) is 7.00. The summed E-state index contributed by atoms with van der Waals surface area (Å²) in [6, 6.07) is 1.23. The second kappa shape index (κ2) is 8.82. The number of carbonyl (C=O) groups excluding carboxylic acids is 1. The smallest absolute Gasteiger partial charge is 0.328 e. The van der Waals surface area contributed by atoms with Crippen molar-refractivity contribution in [3.63, 3.8) is 0 Å². The van der Waals surface area contributed by atoms with Crippen molar-refractivity contribution in [2.45, 2.75) is 39.7 Å². The molecule has 1 aromatic rings. The van der Waals surface area contributed by atoms with Crippen molar-refractivity contribution < 1.29 is 4.79 Å². The first kappa shape index (κ1) is 18.4. The Kier molecular flexibility index (Phi) is 6.78. The van der Waals surface area contributed by atoms with Crippen LogP contribution >= 0.6 is 0 Å². The maximum absolute atomic E-state index is 11.8. The highest BCUT2D eigenvalue weighted by Gasteiger charge is 2.20. The third-order valence-electron chi connectivity index (χ3n) is 4.38. The van der Waals surface area contributed by atoms with E-state index < -0.39 is 11.2 Å². The number of H-pyrrole nitrogens is 1. The van der Waals surface area contributed by atoms with E-state index in [0.717, 1.165) is 31.2 Å². The number of amides is 1. The SMILES string of the molecule is CC1CC(C)CN(CCCCNC(=O)Cn2ccc(=O)[nH]c2=O)C1. The van der Waals surface area contributed by atoms with Crippen molar-refractivity contribution in [2.24, 2.45) is 11.8 Å². The lowest BCUT2D eigenvalue weighted by Gasteiger charge is -2.34. The van der Waals surface area contributed by atoms with Gasteiger partial charge in [0.1, 0.15) is 6.54 Å². The van der Waals surface area contributed by atoms with Crippen molar-refractivity contribution in [1.29, 1.82) is 0 Å². The number of likely N-dealkylation sites (tertiary alicyclic amines) is 1. The minimum Gasteiger partial charge on any atom is -0.355 e. The van der Waals surface area contributed by atoms with E-state index in [2.05, 4.69) is 29.0 Å². The van der Waals surface area contributed by atoms with Crippen molar-refractivity contribution in [3.05, 3.63) is 33.1 Å². The Morgan fingerprint density at radius 1 is 1.25 bits per heavy atom. The van der Waals surface area contributed by atoms with Crippen LogP contribution in [-0.2, 0) is 11.3 Å². The van der Waals surface area contributed by atoms with Crippen LogP contribution < -0.4 is 16.6 Å². The number of unbranched alkanes of at least 4 members (excludes halogenated alkanes) is 1. The summed E-state index contributed by atoms with van der Waals surface area (Å²) in [5.41, 5.74) is -1.02. The molecular weight excluding hydrogens is 308 g/mol. The molecule has 2 unspecified atom stereocenters. The van der Waals surface area contributed by atoms with E-state index in [9.17, 15) is 14.4 Å². The molecule has 24 heavy (non-hydrogen) atoms. The van der Waals surface area contributed by atoms with E-state index in [1.807, 2.05) is 0 Å². The highest BCUT2D eigenvalue weighted by Crippen LogP contribution is 2.20. The largest absolute Gasteiger partial charge is 0.355 e. The van der Waals surface area contributed by atoms with Crippen LogP contribution in [0.25, 0.3) is 0 Å². The van der Waals surface area contributed by atoms with Crippen LogP contribution in [0, 0.1) is 11.8 Å². The van der Waals surface area contributed by atoms with Gasteiger partial charge in [0.25, 0.3) is 5.56 Å². The van der Waals surface area contributed by atoms with Gasteiger partial charge in [0.15, 0.2) is 0 Å². The molecule has 7 heteroatoms. The van der Waals surface area contributed by atoms with Crippen LogP contribution in [-0.4, -0.2) is 46.5 Å². The third kappa shape index (κ3) is 5.96. The van der Waals surface area contributed by atoms with Crippen LogP contribution in [0.4, 0.5) is 0 Å². The number of rotatable bonds is 7. The lowest BCUT2D eigenvalue weighted by Crippen LogP contribution is -2.39. The molecule has 2 atom stereocenters.